The van der Waals surface area contributed by atoms with E-state index in [-0.39, 0.29) is 18.1 Å². The highest BCUT2D eigenvalue weighted by atomic mass is 32.2. The Morgan fingerprint density at radius 3 is 2.32 bits per heavy atom. The lowest BCUT2D eigenvalue weighted by atomic mass is 9.72. The van der Waals surface area contributed by atoms with E-state index in [1.54, 1.807) is 0 Å². The Hall–Kier alpha value is -0.660. The minimum absolute atomic E-state index is 0.0778. The predicted octanol–water partition coefficient (Wildman–Crippen LogP) is 0.878. The van der Waals surface area contributed by atoms with Crippen LogP contribution in [0.5, 0.6) is 0 Å². The maximum absolute atomic E-state index is 12.5. The Morgan fingerprint density at radius 1 is 1.14 bits per heavy atom. The van der Waals surface area contributed by atoms with Crippen LogP contribution in [0, 0.1) is 5.41 Å². The van der Waals surface area contributed by atoms with Crippen molar-refractivity contribution in [1.29, 1.82) is 0 Å². The van der Waals surface area contributed by atoms with Crippen molar-refractivity contribution < 1.29 is 17.9 Å². The maximum Gasteiger partial charge on any atom is 0.224 e. The molecule has 0 aromatic heterocycles. The van der Waals surface area contributed by atoms with Gasteiger partial charge in [0.05, 0.1) is 5.75 Å². The summed E-state index contributed by atoms with van der Waals surface area (Å²) in [6.45, 7) is 5.10. The quantitative estimate of drug-likeness (QED) is 0.815. The van der Waals surface area contributed by atoms with Crippen LogP contribution in [0.1, 0.15) is 45.4 Å². The van der Waals surface area contributed by atoms with Crippen LogP contribution < -0.4 is 4.72 Å². The first kappa shape index (κ1) is 16.2. The van der Waals surface area contributed by atoms with Gasteiger partial charge in [0, 0.05) is 38.3 Å². The van der Waals surface area contributed by atoms with Crippen LogP contribution in [0.4, 0.5) is 0 Å². The molecule has 0 radical (unpaired) electrons. The van der Waals surface area contributed by atoms with Crippen LogP contribution in [-0.2, 0) is 19.6 Å². The van der Waals surface area contributed by atoms with E-state index in [2.05, 4.69) is 4.72 Å². The molecule has 1 atom stereocenters. The number of rotatable bonds is 2. The molecule has 1 spiro atoms. The number of likely N-dealkylation sites (tertiary alicyclic amines) is 1. The van der Waals surface area contributed by atoms with Crippen molar-refractivity contribution in [2.75, 3.05) is 32.1 Å². The number of hydrogen-bond acceptors (Lipinski definition) is 4. The van der Waals surface area contributed by atoms with E-state index in [1.165, 1.54) is 0 Å². The Labute approximate surface area is 132 Å². The minimum Gasteiger partial charge on any atom is -0.381 e. The first-order chi connectivity index (χ1) is 10.3. The molecule has 22 heavy (non-hydrogen) atoms. The molecule has 0 aromatic rings. The highest BCUT2D eigenvalue weighted by Gasteiger charge is 2.42. The highest BCUT2D eigenvalue weighted by Crippen LogP contribution is 2.40. The number of nitrogens with zero attached hydrogens (tertiary/aromatic N) is 1. The summed E-state index contributed by atoms with van der Waals surface area (Å²) in [6, 6.07) is 0. The van der Waals surface area contributed by atoms with Crippen molar-refractivity contribution in [2.45, 2.75) is 51.0 Å². The SMILES string of the molecule is CC1(CC(=O)N2CCC3(CCOCC3)CC2)CCS(=O)(=O)N1. The lowest BCUT2D eigenvalue weighted by Crippen LogP contribution is -2.49. The molecule has 7 heteroatoms. The first-order valence-corrected chi connectivity index (χ1v) is 9.84. The third kappa shape index (κ3) is 3.46. The van der Waals surface area contributed by atoms with E-state index in [4.69, 9.17) is 4.74 Å². The fourth-order valence-electron chi connectivity index (χ4n) is 3.94. The van der Waals surface area contributed by atoms with Crippen molar-refractivity contribution >= 4 is 15.9 Å². The third-order valence-electron chi connectivity index (χ3n) is 5.60. The fraction of sp³-hybridized carbons (Fsp3) is 0.933. The zero-order chi connectivity index (χ0) is 15.8. The zero-order valence-electron chi connectivity index (χ0n) is 13.3. The summed E-state index contributed by atoms with van der Waals surface area (Å²) >= 11 is 0. The van der Waals surface area contributed by atoms with Gasteiger partial charge in [-0.3, -0.25) is 4.79 Å². The Morgan fingerprint density at radius 2 is 1.77 bits per heavy atom. The van der Waals surface area contributed by atoms with Gasteiger partial charge >= 0.3 is 0 Å². The number of sulfonamides is 1. The van der Waals surface area contributed by atoms with Gasteiger partial charge in [0.2, 0.25) is 15.9 Å². The summed E-state index contributed by atoms with van der Waals surface area (Å²) in [5.74, 6) is 0.203. The van der Waals surface area contributed by atoms with Crippen LogP contribution >= 0.6 is 0 Å². The Kier molecular flexibility index (Phi) is 4.24. The number of hydrogen-bond donors (Lipinski definition) is 1. The first-order valence-electron chi connectivity index (χ1n) is 8.19. The molecule has 1 N–H and O–H groups in total. The molecule has 3 aliphatic heterocycles. The van der Waals surface area contributed by atoms with Gasteiger partial charge in [-0.1, -0.05) is 0 Å². The summed E-state index contributed by atoms with van der Waals surface area (Å²) < 4.78 is 31.2. The summed E-state index contributed by atoms with van der Waals surface area (Å²) in [4.78, 5) is 14.4. The van der Waals surface area contributed by atoms with Crippen molar-refractivity contribution in [3.05, 3.63) is 0 Å². The maximum atomic E-state index is 12.5. The largest absolute Gasteiger partial charge is 0.381 e. The molecule has 0 aliphatic carbocycles. The molecule has 3 saturated heterocycles. The highest BCUT2D eigenvalue weighted by molar-refractivity contribution is 7.89. The van der Waals surface area contributed by atoms with E-state index >= 15 is 0 Å². The van der Waals surface area contributed by atoms with Crippen LogP contribution in [-0.4, -0.2) is 56.8 Å². The van der Waals surface area contributed by atoms with Gasteiger partial charge in [-0.2, -0.15) is 0 Å². The fourth-order valence-corrected chi connectivity index (χ4v) is 5.69. The average Bonchev–Trinajstić information content (AvgIpc) is 2.74. The smallest absolute Gasteiger partial charge is 0.224 e. The normalized spacial score (nSPS) is 34.0. The summed E-state index contributed by atoms with van der Waals surface area (Å²) in [7, 11) is -3.19. The van der Waals surface area contributed by atoms with E-state index in [1.807, 2.05) is 11.8 Å². The molecule has 1 unspecified atom stereocenters. The summed E-state index contributed by atoms with van der Waals surface area (Å²) in [5, 5.41) is 0. The molecular formula is C15H26N2O4S. The molecule has 1 amide bonds. The molecule has 3 aliphatic rings. The number of amides is 1. The predicted molar refractivity (Wildman–Crippen MR) is 82.9 cm³/mol. The second-order valence-corrected chi connectivity index (χ2v) is 9.24. The van der Waals surface area contributed by atoms with Crippen LogP contribution in [0.25, 0.3) is 0 Å². The van der Waals surface area contributed by atoms with Gasteiger partial charge in [0.25, 0.3) is 0 Å². The lowest BCUT2D eigenvalue weighted by molar-refractivity contribution is -0.135. The van der Waals surface area contributed by atoms with Gasteiger partial charge in [-0.05, 0) is 44.4 Å². The molecule has 3 rings (SSSR count). The Balaban J connectivity index is 1.54. The van der Waals surface area contributed by atoms with Gasteiger partial charge in [-0.15, -0.1) is 0 Å². The molecule has 0 saturated carbocycles. The number of carbonyl (C=O) groups excluding carboxylic acids is 1. The topological polar surface area (TPSA) is 75.7 Å². The van der Waals surface area contributed by atoms with Crippen molar-refractivity contribution in [1.82, 2.24) is 9.62 Å². The van der Waals surface area contributed by atoms with Crippen LogP contribution in [0.2, 0.25) is 0 Å². The number of nitrogens with one attached hydrogen (secondary N) is 1. The van der Waals surface area contributed by atoms with Crippen LogP contribution in [0.15, 0.2) is 0 Å². The molecule has 0 bridgehead atoms. The van der Waals surface area contributed by atoms with Crippen molar-refractivity contribution in [3.8, 4) is 0 Å². The van der Waals surface area contributed by atoms with Gasteiger partial charge in [-0.25, -0.2) is 13.1 Å². The molecule has 3 heterocycles. The number of carbonyl (C=O) groups is 1. The lowest BCUT2D eigenvalue weighted by Gasteiger charge is -2.44. The second-order valence-electron chi connectivity index (χ2n) is 7.40. The Bertz CT molecular complexity index is 532. The van der Waals surface area contributed by atoms with Crippen molar-refractivity contribution in [2.24, 2.45) is 5.41 Å². The minimum atomic E-state index is -3.19. The summed E-state index contributed by atoms with van der Waals surface area (Å²) in [5.41, 5.74) is -0.238. The van der Waals surface area contributed by atoms with Gasteiger partial charge < -0.3 is 9.64 Å². The van der Waals surface area contributed by atoms with E-state index in [0.717, 1.165) is 52.0 Å². The third-order valence-corrected chi connectivity index (χ3v) is 7.14. The number of piperidine rings is 1. The van der Waals surface area contributed by atoms with Crippen LogP contribution in [0.3, 0.4) is 0 Å². The average molecular weight is 330 g/mol. The second kappa shape index (κ2) is 5.76. The van der Waals surface area contributed by atoms with Gasteiger partial charge in [0.1, 0.15) is 0 Å². The van der Waals surface area contributed by atoms with E-state index in [9.17, 15) is 13.2 Å². The van der Waals surface area contributed by atoms with E-state index in [0.29, 0.717) is 11.8 Å². The molecule has 126 valence electrons. The standard InChI is InChI=1S/C15H26N2O4S/c1-14(6-11-22(19,20)16-14)12-13(18)17-7-2-15(3-8-17)4-9-21-10-5-15/h16H,2-12H2,1H3. The van der Waals surface area contributed by atoms with Gasteiger partial charge in [0.15, 0.2) is 0 Å². The summed E-state index contributed by atoms with van der Waals surface area (Å²) in [6.07, 6.45) is 5.08. The molecule has 3 fully saturated rings. The van der Waals surface area contributed by atoms with E-state index < -0.39 is 15.6 Å². The number of ether oxygens (including phenoxy) is 1. The molecule has 0 aromatic carbocycles. The van der Waals surface area contributed by atoms with Crippen molar-refractivity contribution in [3.63, 3.8) is 0 Å². The monoisotopic (exact) mass is 330 g/mol. The zero-order valence-corrected chi connectivity index (χ0v) is 14.1. The molecule has 6 nitrogen and oxygen atoms in total. The molecular weight excluding hydrogens is 304 g/mol.